The van der Waals surface area contributed by atoms with Crippen LogP contribution in [0.1, 0.15) is 24.2 Å². The van der Waals surface area contributed by atoms with Gasteiger partial charge in [0.25, 0.3) is 11.8 Å². The Kier molecular flexibility index (Phi) is 6.52. The average Bonchev–Trinajstić information content (AvgIpc) is 2.46. The highest BCUT2D eigenvalue weighted by molar-refractivity contribution is 6.33. The fraction of sp³-hybridized carbons (Fsp3) is 0.286. The molecular formula is C14H16ClN3O5. The van der Waals surface area contributed by atoms with E-state index in [-0.39, 0.29) is 10.6 Å². The lowest BCUT2D eigenvalue weighted by Gasteiger charge is -2.17. The second kappa shape index (κ2) is 8.14. The molecule has 2 atom stereocenters. The Bertz CT molecular complexity index is 635. The number of urea groups is 1. The van der Waals surface area contributed by atoms with Gasteiger partial charge in [-0.2, -0.15) is 0 Å². The molecule has 0 radical (unpaired) electrons. The summed E-state index contributed by atoms with van der Waals surface area (Å²) < 4.78 is 4.84. The molecule has 124 valence electrons. The number of carbonyl (C=O) groups is 4. The average molecular weight is 342 g/mol. The van der Waals surface area contributed by atoms with Gasteiger partial charge in [-0.1, -0.05) is 23.7 Å². The van der Waals surface area contributed by atoms with Gasteiger partial charge in [-0.05, 0) is 26.0 Å². The molecule has 0 saturated carbocycles. The topological polar surface area (TPSA) is 128 Å². The largest absolute Gasteiger partial charge is 0.451 e. The molecule has 0 aliphatic carbocycles. The van der Waals surface area contributed by atoms with Crippen molar-refractivity contribution in [2.45, 2.75) is 26.0 Å². The number of benzene rings is 1. The lowest BCUT2D eigenvalue weighted by molar-refractivity contribution is -0.155. The Labute approximate surface area is 137 Å². The van der Waals surface area contributed by atoms with Crippen LogP contribution >= 0.6 is 11.6 Å². The zero-order valence-electron chi connectivity index (χ0n) is 12.5. The predicted molar refractivity (Wildman–Crippen MR) is 81.7 cm³/mol. The van der Waals surface area contributed by atoms with Gasteiger partial charge in [0.15, 0.2) is 6.10 Å². The maximum atomic E-state index is 12.0. The molecule has 1 aromatic carbocycles. The van der Waals surface area contributed by atoms with Crippen LogP contribution in [0, 0.1) is 0 Å². The second-order valence-electron chi connectivity index (χ2n) is 4.61. The molecule has 4 N–H and O–H groups in total. The van der Waals surface area contributed by atoms with Gasteiger partial charge in [0.1, 0.15) is 6.04 Å². The molecule has 0 bridgehead atoms. The third-order valence-corrected chi connectivity index (χ3v) is 3.06. The highest BCUT2D eigenvalue weighted by Crippen LogP contribution is 2.14. The van der Waals surface area contributed by atoms with Gasteiger partial charge >= 0.3 is 12.0 Å². The smallest absolute Gasteiger partial charge is 0.329 e. The van der Waals surface area contributed by atoms with Crippen molar-refractivity contribution in [2.75, 3.05) is 0 Å². The first-order valence-electron chi connectivity index (χ1n) is 6.58. The van der Waals surface area contributed by atoms with Gasteiger partial charge in [0.05, 0.1) is 10.6 Å². The second-order valence-corrected chi connectivity index (χ2v) is 5.01. The lowest BCUT2D eigenvalue weighted by atomic mass is 10.2. The fourth-order valence-corrected chi connectivity index (χ4v) is 1.75. The molecule has 4 amide bonds. The molecule has 0 aromatic heterocycles. The van der Waals surface area contributed by atoms with Crippen LogP contribution in [0.2, 0.25) is 5.02 Å². The van der Waals surface area contributed by atoms with Crippen molar-refractivity contribution in [3.63, 3.8) is 0 Å². The molecule has 9 heteroatoms. The van der Waals surface area contributed by atoms with E-state index in [1.54, 1.807) is 17.4 Å². The Morgan fingerprint density at radius 3 is 2.35 bits per heavy atom. The fourth-order valence-electron chi connectivity index (χ4n) is 1.53. The van der Waals surface area contributed by atoms with Crippen LogP contribution in [0.15, 0.2) is 24.3 Å². The summed E-state index contributed by atoms with van der Waals surface area (Å²) in [5, 5.41) is 4.42. The number of hydrogen-bond acceptors (Lipinski definition) is 5. The van der Waals surface area contributed by atoms with E-state index in [2.05, 4.69) is 5.32 Å². The quantitative estimate of drug-likeness (QED) is 0.675. The number of hydrogen-bond donors (Lipinski definition) is 3. The highest BCUT2D eigenvalue weighted by Gasteiger charge is 2.24. The summed E-state index contributed by atoms with van der Waals surface area (Å²) in [6.45, 7) is 2.65. The number of esters is 1. The maximum Gasteiger partial charge on any atom is 0.329 e. The normalized spacial score (nSPS) is 12.7. The monoisotopic (exact) mass is 341 g/mol. The number of imide groups is 1. The van der Waals surface area contributed by atoms with Crippen molar-refractivity contribution in [1.29, 1.82) is 0 Å². The minimum absolute atomic E-state index is 0.202. The van der Waals surface area contributed by atoms with E-state index in [9.17, 15) is 19.2 Å². The predicted octanol–water partition coefficient (Wildman–Crippen LogP) is 0.585. The first-order chi connectivity index (χ1) is 10.7. The van der Waals surface area contributed by atoms with Crippen molar-refractivity contribution < 1.29 is 23.9 Å². The SMILES string of the molecule is C[C@H](NC(=O)c1ccccc1Cl)C(=O)O[C@H](C)C(=O)NC(N)=O. The number of primary amides is 1. The maximum absolute atomic E-state index is 12.0. The van der Waals surface area contributed by atoms with Gasteiger partial charge in [-0.25, -0.2) is 9.59 Å². The highest BCUT2D eigenvalue weighted by atomic mass is 35.5. The van der Waals surface area contributed by atoms with Crippen LogP contribution in [0.25, 0.3) is 0 Å². The standard InChI is InChI=1S/C14H16ClN3O5/c1-7(13(21)23-8(2)11(19)18-14(16)22)17-12(20)9-5-3-4-6-10(9)15/h3-8H,1-2H3,(H,17,20)(H3,16,18,19,22)/t7-,8+/m0/s1. The van der Waals surface area contributed by atoms with Crippen LogP contribution in [0.3, 0.4) is 0 Å². The summed E-state index contributed by atoms with van der Waals surface area (Å²) in [4.78, 5) is 45.8. The van der Waals surface area contributed by atoms with E-state index in [4.69, 9.17) is 22.1 Å². The van der Waals surface area contributed by atoms with Crippen LogP contribution < -0.4 is 16.4 Å². The number of rotatable bonds is 5. The molecule has 1 rings (SSSR count). The van der Waals surface area contributed by atoms with Gasteiger partial charge in [0, 0.05) is 0 Å². The summed E-state index contributed by atoms with van der Waals surface area (Å²) in [6.07, 6.45) is -1.24. The molecule has 0 saturated heterocycles. The van der Waals surface area contributed by atoms with Crippen molar-refractivity contribution in [2.24, 2.45) is 5.73 Å². The number of ether oxygens (including phenoxy) is 1. The van der Waals surface area contributed by atoms with E-state index in [1.165, 1.54) is 26.0 Å². The minimum Gasteiger partial charge on any atom is -0.451 e. The molecule has 0 aliphatic heterocycles. The van der Waals surface area contributed by atoms with Gasteiger partial charge < -0.3 is 15.8 Å². The van der Waals surface area contributed by atoms with E-state index in [0.717, 1.165) is 0 Å². The molecule has 23 heavy (non-hydrogen) atoms. The Balaban J connectivity index is 2.60. The van der Waals surface area contributed by atoms with Gasteiger partial charge in [0.2, 0.25) is 0 Å². The van der Waals surface area contributed by atoms with Crippen LogP contribution in [-0.4, -0.2) is 36.0 Å². The van der Waals surface area contributed by atoms with Crippen LogP contribution in [0.4, 0.5) is 4.79 Å². The molecule has 8 nitrogen and oxygen atoms in total. The summed E-state index contributed by atoms with van der Waals surface area (Å²) in [5.74, 6) is -2.28. The lowest BCUT2D eigenvalue weighted by Crippen LogP contribution is -2.45. The summed E-state index contributed by atoms with van der Waals surface area (Å²) >= 11 is 5.88. The van der Waals surface area contributed by atoms with Crippen molar-refractivity contribution in [3.05, 3.63) is 34.9 Å². The number of halogens is 1. The van der Waals surface area contributed by atoms with E-state index in [0.29, 0.717) is 0 Å². The van der Waals surface area contributed by atoms with E-state index >= 15 is 0 Å². The first kappa shape index (κ1) is 18.4. The third-order valence-electron chi connectivity index (χ3n) is 2.73. The molecule has 0 spiro atoms. The summed E-state index contributed by atoms with van der Waals surface area (Å²) in [5.41, 5.74) is 4.99. The molecule has 1 aromatic rings. The Morgan fingerprint density at radius 1 is 1.17 bits per heavy atom. The molecule has 0 fully saturated rings. The zero-order valence-corrected chi connectivity index (χ0v) is 13.2. The van der Waals surface area contributed by atoms with Crippen LogP contribution in [0.5, 0.6) is 0 Å². The number of carbonyl (C=O) groups excluding carboxylic acids is 4. The molecule has 0 unspecified atom stereocenters. The van der Waals surface area contributed by atoms with E-state index in [1.807, 2.05) is 0 Å². The minimum atomic E-state index is -1.24. The van der Waals surface area contributed by atoms with Crippen molar-refractivity contribution >= 4 is 35.4 Å². The van der Waals surface area contributed by atoms with Crippen molar-refractivity contribution in [3.8, 4) is 0 Å². The number of nitrogens with one attached hydrogen (secondary N) is 2. The Morgan fingerprint density at radius 2 is 1.78 bits per heavy atom. The van der Waals surface area contributed by atoms with Gasteiger partial charge in [-0.3, -0.25) is 14.9 Å². The molecular weight excluding hydrogens is 326 g/mol. The zero-order chi connectivity index (χ0) is 17.6. The first-order valence-corrected chi connectivity index (χ1v) is 6.96. The van der Waals surface area contributed by atoms with Crippen molar-refractivity contribution in [1.82, 2.24) is 10.6 Å². The summed E-state index contributed by atoms with van der Waals surface area (Å²) in [7, 11) is 0. The third kappa shape index (κ3) is 5.59. The number of amides is 4. The molecule has 0 aliphatic rings. The van der Waals surface area contributed by atoms with Crippen LogP contribution in [-0.2, 0) is 14.3 Å². The number of nitrogens with two attached hydrogens (primary N) is 1. The Hall–Kier alpha value is -2.61. The van der Waals surface area contributed by atoms with E-state index < -0.39 is 36.0 Å². The summed E-state index contributed by atoms with van der Waals surface area (Å²) in [6, 6.07) is 4.24. The molecule has 0 heterocycles. The van der Waals surface area contributed by atoms with Gasteiger partial charge in [-0.15, -0.1) is 0 Å².